The first-order valence-electron chi connectivity index (χ1n) is 8.36. The van der Waals surface area contributed by atoms with E-state index in [0.29, 0.717) is 31.2 Å². The molecule has 0 radical (unpaired) electrons. The van der Waals surface area contributed by atoms with Crippen LogP contribution in [0.4, 0.5) is 4.79 Å². The topological polar surface area (TPSA) is 75.3 Å². The van der Waals surface area contributed by atoms with Crippen LogP contribution in [0.15, 0.2) is 24.3 Å². The average Bonchev–Trinajstić information content (AvgIpc) is 3.03. The lowest BCUT2D eigenvalue weighted by Gasteiger charge is -2.22. The van der Waals surface area contributed by atoms with E-state index in [2.05, 4.69) is 34.9 Å². The predicted molar refractivity (Wildman–Crippen MR) is 88.1 cm³/mol. The zero-order valence-corrected chi connectivity index (χ0v) is 13.8. The first-order valence-corrected chi connectivity index (χ1v) is 10.2. The van der Waals surface area contributed by atoms with Gasteiger partial charge in [-0.25, -0.2) is 13.2 Å². The van der Waals surface area contributed by atoms with Crippen LogP contribution in [-0.2, 0) is 16.3 Å². The van der Waals surface area contributed by atoms with Crippen LogP contribution >= 0.6 is 0 Å². The minimum atomic E-state index is -2.83. The standard InChI is InChI=1S/C17H22N2O3S/c20-17(18-10-11-5-7-23(21,22)8-6-11)19-16-14-9-12-3-1-2-4-13(12)15(14)16/h1-4,11,14-16H,5-10H2,(H2,18,19,20)/t14-,15-,16+/m0/s1. The second-order valence-electron chi connectivity index (χ2n) is 7.07. The number of urea groups is 1. The molecular weight excluding hydrogens is 312 g/mol. The molecule has 0 aromatic heterocycles. The van der Waals surface area contributed by atoms with Crippen LogP contribution in [0, 0.1) is 11.8 Å². The largest absolute Gasteiger partial charge is 0.338 e. The van der Waals surface area contributed by atoms with E-state index in [1.54, 1.807) is 0 Å². The minimum Gasteiger partial charge on any atom is -0.338 e. The van der Waals surface area contributed by atoms with Gasteiger partial charge in [-0.2, -0.15) is 0 Å². The fourth-order valence-electron chi connectivity index (χ4n) is 4.13. The third-order valence-corrected chi connectivity index (χ3v) is 7.28. The molecule has 5 nitrogen and oxygen atoms in total. The van der Waals surface area contributed by atoms with Crippen LogP contribution in [0.5, 0.6) is 0 Å². The number of carbonyl (C=O) groups is 1. The van der Waals surface area contributed by atoms with Crippen molar-refractivity contribution >= 4 is 15.9 Å². The number of sulfone groups is 1. The summed E-state index contributed by atoms with van der Waals surface area (Å²) < 4.78 is 22.8. The van der Waals surface area contributed by atoms with E-state index in [1.165, 1.54) is 11.1 Å². The zero-order valence-electron chi connectivity index (χ0n) is 13.0. The highest BCUT2D eigenvalue weighted by atomic mass is 32.2. The number of carbonyl (C=O) groups excluding carboxylic acids is 1. The summed E-state index contributed by atoms with van der Waals surface area (Å²) in [6.07, 6.45) is 2.38. The van der Waals surface area contributed by atoms with E-state index in [0.717, 1.165) is 6.42 Å². The van der Waals surface area contributed by atoms with Crippen molar-refractivity contribution < 1.29 is 13.2 Å². The first-order chi connectivity index (χ1) is 11.0. The Hall–Kier alpha value is -1.56. The number of hydrogen-bond donors (Lipinski definition) is 2. The van der Waals surface area contributed by atoms with E-state index in [4.69, 9.17) is 0 Å². The highest BCUT2D eigenvalue weighted by molar-refractivity contribution is 7.91. The molecule has 0 bridgehead atoms. The average molecular weight is 334 g/mol. The lowest BCUT2D eigenvalue weighted by Crippen LogP contribution is -2.41. The summed E-state index contributed by atoms with van der Waals surface area (Å²) in [5, 5.41) is 6.00. The van der Waals surface area contributed by atoms with E-state index in [1.807, 2.05) is 0 Å². The van der Waals surface area contributed by atoms with Gasteiger partial charge in [0, 0.05) is 18.5 Å². The molecule has 1 aliphatic heterocycles. The highest BCUT2D eigenvalue weighted by Crippen LogP contribution is 2.56. The third kappa shape index (κ3) is 2.96. The summed E-state index contributed by atoms with van der Waals surface area (Å²) in [6.45, 7) is 0.569. The molecule has 4 rings (SSSR count). The Morgan fingerprint density at radius 3 is 2.70 bits per heavy atom. The van der Waals surface area contributed by atoms with Gasteiger partial charge in [0.1, 0.15) is 9.84 Å². The number of nitrogens with one attached hydrogen (secondary N) is 2. The molecule has 6 heteroatoms. The molecule has 2 fully saturated rings. The zero-order chi connectivity index (χ0) is 16.0. The highest BCUT2D eigenvalue weighted by Gasteiger charge is 2.56. The second-order valence-corrected chi connectivity index (χ2v) is 9.37. The maximum atomic E-state index is 12.1. The van der Waals surface area contributed by atoms with Crippen LogP contribution in [0.3, 0.4) is 0 Å². The van der Waals surface area contributed by atoms with Crippen LogP contribution in [-0.4, -0.2) is 38.5 Å². The van der Waals surface area contributed by atoms with Gasteiger partial charge in [-0.15, -0.1) is 0 Å². The van der Waals surface area contributed by atoms with Gasteiger partial charge in [0.2, 0.25) is 0 Å². The molecule has 3 atom stereocenters. The summed E-state index contributed by atoms with van der Waals surface area (Å²) in [7, 11) is -2.83. The minimum absolute atomic E-state index is 0.115. The molecule has 1 saturated heterocycles. The van der Waals surface area contributed by atoms with E-state index in [-0.39, 0.29) is 29.5 Å². The summed E-state index contributed by atoms with van der Waals surface area (Å²) in [5.74, 6) is 1.83. The molecule has 1 saturated carbocycles. The maximum absolute atomic E-state index is 12.1. The molecule has 0 spiro atoms. The lowest BCUT2D eigenvalue weighted by atomic mass is 10.0. The second kappa shape index (κ2) is 5.51. The monoisotopic (exact) mass is 334 g/mol. The summed E-state index contributed by atoms with van der Waals surface area (Å²) in [5.41, 5.74) is 2.81. The summed E-state index contributed by atoms with van der Waals surface area (Å²) >= 11 is 0. The first kappa shape index (κ1) is 15.0. The van der Waals surface area contributed by atoms with Gasteiger partial charge in [0.25, 0.3) is 0 Å². The van der Waals surface area contributed by atoms with E-state index >= 15 is 0 Å². The van der Waals surface area contributed by atoms with Gasteiger partial charge in [0.15, 0.2) is 0 Å². The Kier molecular flexibility index (Phi) is 3.59. The molecular formula is C17H22N2O3S. The van der Waals surface area contributed by atoms with Gasteiger partial charge in [-0.1, -0.05) is 24.3 Å². The van der Waals surface area contributed by atoms with Crippen molar-refractivity contribution in [2.24, 2.45) is 11.8 Å². The maximum Gasteiger partial charge on any atom is 0.315 e. The lowest BCUT2D eigenvalue weighted by molar-refractivity contribution is 0.237. The smallest absolute Gasteiger partial charge is 0.315 e. The molecule has 0 unspecified atom stereocenters. The summed E-state index contributed by atoms with van der Waals surface area (Å²) in [6, 6.07) is 8.63. The van der Waals surface area contributed by atoms with Crippen LogP contribution < -0.4 is 10.6 Å². The number of hydrogen-bond acceptors (Lipinski definition) is 3. The Balaban J connectivity index is 1.24. The Labute approximate surface area is 136 Å². The molecule has 23 heavy (non-hydrogen) atoms. The van der Waals surface area contributed by atoms with Gasteiger partial charge < -0.3 is 10.6 Å². The normalized spacial score (nSPS) is 31.0. The fraction of sp³-hybridized carbons (Fsp3) is 0.588. The van der Waals surface area contributed by atoms with Crippen LogP contribution in [0.2, 0.25) is 0 Å². The van der Waals surface area contributed by atoms with Gasteiger partial charge >= 0.3 is 6.03 Å². The molecule has 2 N–H and O–H groups in total. The van der Waals surface area contributed by atoms with Crippen molar-refractivity contribution in [1.82, 2.24) is 10.6 Å². The molecule has 1 heterocycles. The van der Waals surface area contributed by atoms with Crippen molar-refractivity contribution in [1.29, 1.82) is 0 Å². The number of rotatable bonds is 3. The molecule has 3 aliphatic rings. The predicted octanol–water partition coefficient (Wildman–Crippen LogP) is 1.45. The van der Waals surface area contributed by atoms with Crippen molar-refractivity contribution in [3.63, 3.8) is 0 Å². The van der Waals surface area contributed by atoms with E-state index < -0.39 is 9.84 Å². The van der Waals surface area contributed by atoms with Gasteiger partial charge in [0.05, 0.1) is 11.5 Å². The number of fused-ring (bicyclic) bond motifs is 3. The van der Waals surface area contributed by atoms with Crippen LogP contribution in [0.25, 0.3) is 0 Å². The quantitative estimate of drug-likeness (QED) is 0.878. The molecule has 1 aromatic rings. The Bertz CT molecular complexity index is 717. The van der Waals surface area contributed by atoms with Crippen molar-refractivity contribution in [2.75, 3.05) is 18.1 Å². The van der Waals surface area contributed by atoms with E-state index in [9.17, 15) is 13.2 Å². The van der Waals surface area contributed by atoms with Crippen LogP contribution in [0.1, 0.15) is 29.9 Å². The van der Waals surface area contributed by atoms with Crippen molar-refractivity contribution in [2.45, 2.75) is 31.2 Å². The molecule has 124 valence electrons. The fourth-order valence-corrected chi connectivity index (χ4v) is 5.72. The Morgan fingerprint density at radius 2 is 1.91 bits per heavy atom. The third-order valence-electron chi connectivity index (χ3n) is 5.56. The molecule has 2 amide bonds. The Morgan fingerprint density at radius 1 is 1.17 bits per heavy atom. The molecule has 1 aromatic carbocycles. The summed E-state index contributed by atoms with van der Waals surface area (Å²) in [4.78, 5) is 12.1. The van der Waals surface area contributed by atoms with Crippen molar-refractivity contribution in [3.8, 4) is 0 Å². The SMILES string of the molecule is O=C(NCC1CCS(=O)(=O)CC1)N[C@@H]1[C@H]2Cc3ccccc3[C@@H]21. The van der Waals surface area contributed by atoms with Crippen molar-refractivity contribution in [3.05, 3.63) is 35.4 Å². The number of amides is 2. The number of benzene rings is 1. The molecule has 2 aliphatic carbocycles. The van der Waals surface area contributed by atoms with Gasteiger partial charge in [-0.3, -0.25) is 0 Å². The van der Waals surface area contributed by atoms with Gasteiger partial charge in [-0.05, 0) is 42.2 Å².